The van der Waals surface area contributed by atoms with Crippen LogP contribution in [0.1, 0.15) is 154 Å². The van der Waals surface area contributed by atoms with E-state index < -0.39 is 0 Å². The largest absolute Gasteiger partial charge is 0.355 e. The maximum Gasteiger partial charge on any atom is 0.266 e. The van der Waals surface area contributed by atoms with Crippen LogP contribution in [0.5, 0.6) is 0 Å². The number of carbonyl (C=O) groups is 2. The number of anilines is 1. The van der Waals surface area contributed by atoms with Gasteiger partial charge in [-0.3, -0.25) is 9.59 Å². The van der Waals surface area contributed by atoms with Gasteiger partial charge in [0, 0.05) is 27.7 Å². The first-order valence-electron chi connectivity index (χ1n) is 22.4. The first-order chi connectivity index (χ1) is 29.9. The zero-order valence-corrected chi connectivity index (χ0v) is 39.6. The first kappa shape index (κ1) is 42.7. The van der Waals surface area contributed by atoms with Gasteiger partial charge in [0.05, 0.1) is 39.4 Å². The summed E-state index contributed by atoms with van der Waals surface area (Å²) in [7, 11) is 0. The molecule has 0 spiro atoms. The SMILES string of the molecule is Cc1ccc2c(c1)C(=O)N(c1c3nc(c(-c4cc(C(C)(C)C)cc(C(C)(C)C)c4)c4ccc(cc5nc(c(-c6cc(C(C)(C)C)cc(C(C)(C)C)c6)c6ccc1[nH]6)C=C5)[nH]4)C=C3)C2=O. The third kappa shape index (κ3) is 7.65. The number of nitrogens with one attached hydrogen (secondary N) is 2. The van der Waals surface area contributed by atoms with Crippen molar-refractivity contribution in [3.63, 3.8) is 0 Å². The summed E-state index contributed by atoms with van der Waals surface area (Å²) in [6, 6.07) is 29.5. The third-order valence-electron chi connectivity index (χ3n) is 12.7. The molecular formula is C57H59N5O2. The molecule has 0 fully saturated rings. The molecule has 7 nitrogen and oxygen atoms in total. The van der Waals surface area contributed by atoms with Gasteiger partial charge in [0.2, 0.25) is 0 Å². The number of benzene rings is 3. The van der Waals surface area contributed by atoms with E-state index in [4.69, 9.17) is 9.97 Å². The summed E-state index contributed by atoms with van der Waals surface area (Å²) >= 11 is 0. The molecule has 3 aromatic carbocycles. The maximum atomic E-state index is 14.6. The first-order valence-corrected chi connectivity index (χ1v) is 22.4. The van der Waals surface area contributed by atoms with Crippen molar-refractivity contribution < 1.29 is 9.59 Å². The Kier molecular flexibility index (Phi) is 9.83. The third-order valence-corrected chi connectivity index (χ3v) is 12.7. The zero-order chi connectivity index (χ0) is 45.8. The van der Waals surface area contributed by atoms with E-state index in [-0.39, 0.29) is 33.5 Å². The van der Waals surface area contributed by atoms with E-state index in [9.17, 15) is 9.59 Å². The fourth-order valence-corrected chi connectivity index (χ4v) is 8.80. The monoisotopic (exact) mass is 845 g/mol. The Hall–Kier alpha value is -6.60. The number of amides is 2. The quantitative estimate of drug-likeness (QED) is 0.173. The molecule has 0 unspecified atom stereocenters. The fourth-order valence-electron chi connectivity index (χ4n) is 8.80. The standard InChI is InChI=1S/C57H59N5O2/c1-32-14-17-41-42(24-32)53(64)62(52(41)63)51-47-22-20-45(60-47)49(33-25-35(54(2,3)4)29-36(26-33)55(5,6)7)43-18-15-39(58-43)31-40-16-19-44(59-40)50(46-21-23-48(51)61-46)34-27-37(56(8,9)10)30-38(28-34)57(11,12)13/h14-31,58,61H,1-13H3. The molecule has 3 aromatic heterocycles. The number of nitrogens with zero attached hydrogens (tertiary/aromatic N) is 3. The molecule has 324 valence electrons. The zero-order valence-electron chi connectivity index (χ0n) is 39.6. The molecule has 0 radical (unpaired) electrons. The smallest absolute Gasteiger partial charge is 0.266 e. The normalized spacial score (nSPS) is 14.2. The van der Waals surface area contributed by atoms with Crippen LogP contribution in [-0.4, -0.2) is 31.8 Å². The second kappa shape index (κ2) is 14.7. The Balaban J connectivity index is 1.43. The Bertz CT molecular complexity index is 3060. The lowest BCUT2D eigenvalue weighted by Crippen LogP contribution is -2.30. The lowest BCUT2D eigenvalue weighted by atomic mass is 9.78. The van der Waals surface area contributed by atoms with Gasteiger partial charge in [0.15, 0.2) is 0 Å². The number of fused-ring (bicyclic) bond motifs is 9. The number of H-pyrrole nitrogens is 2. The number of hydrogen-bond donors (Lipinski definition) is 2. The molecule has 0 aliphatic carbocycles. The number of aryl methyl sites for hydroxylation is 1. The van der Waals surface area contributed by atoms with Gasteiger partial charge in [-0.25, -0.2) is 14.9 Å². The van der Waals surface area contributed by atoms with Crippen LogP contribution in [-0.2, 0) is 21.7 Å². The van der Waals surface area contributed by atoms with Gasteiger partial charge in [-0.05, 0) is 129 Å². The van der Waals surface area contributed by atoms with Crippen molar-refractivity contribution in [1.29, 1.82) is 0 Å². The fraction of sp³-hybridized carbons (Fsp3) is 0.298. The molecule has 64 heavy (non-hydrogen) atoms. The van der Waals surface area contributed by atoms with Gasteiger partial charge in [0.1, 0.15) is 5.69 Å². The van der Waals surface area contributed by atoms with E-state index in [2.05, 4.69) is 160 Å². The van der Waals surface area contributed by atoms with E-state index in [1.807, 2.05) is 37.3 Å². The highest BCUT2D eigenvalue weighted by Crippen LogP contribution is 2.42. The summed E-state index contributed by atoms with van der Waals surface area (Å²) in [6.45, 7) is 28.9. The molecule has 2 N–H and O–H groups in total. The predicted molar refractivity (Wildman–Crippen MR) is 267 cm³/mol. The number of aromatic amines is 2. The van der Waals surface area contributed by atoms with E-state index >= 15 is 0 Å². The molecule has 2 amide bonds. The summed E-state index contributed by atoms with van der Waals surface area (Å²) < 4.78 is 0. The minimum absolute atomic E-state index is 0.121. The van der Waals surface area contributed by atoms with Crippen molar-refractivity contribution in [2.24, 2.45) is 0 Å². The molecule has 6 aromatic rings. The highest BCUT2D eigenvalue weighted by Gasteiger charge is 2.39. The van der Waals surface area contributed by atoms with Crippen molar-refractivity contribution in [1.82, 2.24) is 19.9 Å². The molecule has 0 saturated heterocycles. The number of carbonyl (C=O) groups excluding carboxylic acids is 2. The molecule has 8 bridgehead atoms. The van der Waals surface area contributed by atoms with Gasteiger partial charge >= 0.3 is 0 Å². The van der Waals surface area contributed by atoms with Crippen molar-refractivity contribution >= 4 is 63.9 Å². The van der Waals surface area contributed by atoms with Gasteiger partial charge in [-0.2, -0.15) is 0 Å². The predicted octanol–water partition coefficient (Wildman–Crippen LogP) is 14.3. The van der Waals surface area contributed by atoms with Crippen molar-refractivity contribution in [2.45, 2.75) is 112 Å². The van der Waals surface area contributed by atoms with Gasteiger partial charge in [-0.15, -0.1) is 0 Å². The van der Waals surface area contributed by atoms with E-state index in [0.29, 0.717) is 33.7 Å². The van der Waals surface area contributed by atoms with Crippen LogP contribution in [0.15, 0.2) is 84.9 Å². The molecule has 7 heteroatoms. The second-order valence-electron chi connectivity index (χ2n) is 21.9. The molecule has 0 atom stereocenters. The summed E-state index contributed by atoms with van der Waals surface area (Å²) in [6.07, 6.45) is 8.08. The van der Waals surface area contributed by atoms with Crippen LogP contribution < -0.4 is 4.90 Å². The summed E-state index contributed by atoms with van der Waals surface area (Å²) in [5.74, 6) is -0.764. The topological polar surface area (TPSA) is 94.7 Å². The van der Waals surface area contributed by atoms with Crippen LogP contribution in [0.25, 0.3) is 68.6 Å². The Labute approximate surface area is 377 Å². The maximum absolute atomic E-state index is 14.6. The molecule has 6 heterocycles. The summed E-state index contributed by atoms with van der Waals surface area (Å²) in [5, 5.41) is 0. The molecule has 0 saturated carbocycles. The minimum atomic E-state index is -0.384. The summed E-state index contributed by atoms with van der Waals surface area (Å²) in [4.78, 5) is 48.7. The van der Waals surface area contributed by atoms with Gasteiger partial charge < -0.3 is 9.97 Å². The number of hydrogen-bond acceptors (Lipinski definition) is 4. The van der Waals surface area contributed by atoms with Gasteiger partial charge in [0.25, 0.3) is 11.8 Å². The van der Waals surface area contributed by atoms with Crippen molar-refractivity contribution in [2.75, 3.05) is 4.90 Å². The number of imide groups is 1. The average Bonchev–Trinajstić information content (AvgIpc) is 4.06. The highest BCUT2D eigenvalue weighted by atomic mass is 16.2. The van der Waals surface area contributed by atoms with E-state index in [0.717, 1.165) is 55.8 Å². The van der Waals surface area contributed by atoms with E-state index in [1.165, 1.54) is 27.2 Å². The number of rotatable bonds is 3. The highest BCUT2D eigenvalue weighted by molar-refractivity contribution is 6.36. The average molecular weight is 846 g/mol. The Morgan fingerprint density at radius 3 is 1.48 bits per heavy atom. The Morgan fingerprint density at radius 2 is 0.922 bits per heavy atom. The van der Waals surface area contributed by atoms with Crippen LogP contribution in [0.2, 0.25) is 0 Å². The van der Waals surface area contributed by atoms with Crippen LogP contribution in [0, 0.1) is 6.92 Å². The minimum Gasteiger partial charge on any atom is -0.355 e. The lowest BCUT2D eigenvalue weighted by Gasteiger charge is -2.26. The van der Waals surface area contributed by atoms with Gasteiger partial charge in [-0.1, -0.05) is 131 Å². The van der Waals surface area contributed by atoms with Crippen LogP contribution in [0.3, 0.4) is 0 Å². The number of aromatic nitrogens is 4. The van der Waals surface area contributed by atoms with E-state index in [1.54, 1.807) is 12.1 Å². The van der Waals surface area contributed by atoms with Crippen LogP contribution in [0.4, 0.5) is 5.69 Å². The Morgan fingerprint density at radius 1 is 0.453 bits per heavy atom. The van der Waals surface area contributed by atoms with Crippen molar-refractivity contribution in [3.05, 3.63) is 147 Å². The molecule has 3 aliphatic rings. The summed E-state index contributed by atoms with van der Waals surface area (Å²) in [5.41, 5.74) is 16.3. The molecule has 3 aliphatic heterocycles. The lowest BCUT2D eigenvalue weighted by molar-refractivity contribution is 0.0926. The van der Waals surface area contributed by atoms with Crippen LogP contribution >= 0.6 is 0 Å². The van der Waals surface area contributed by atoms with Crippen molar-refractivity contribution in [3.8, 4) is 22.3 Å². The second-order valence-corrected chi connectivity index (χ2v) is 21.9. The molecule has 9 rings (SSSR count). The molecular weight excluding hydrogens is 787 g/mol.